The standard InChI is InChI=1S/C18H18N2O3S/c1-13-17(8-9-19-13)18-7-6-15(11-20-18)23-12-14-4-3-5-16(10-14)24(2,21)22/h3-8,10-11H,9,12H2,1-2H3. The van der Waals surface area contributed by atoms with Gasteiger partial charge >= 0.3 is 0 Å². The van der Waals surface area contributed by atoms with Crippen molar-refractivity contribution in [1.29, 1.82) is 0 Å². The quantitative estimate of drug-likeness (QED) is 0.838. The van der Waals surface area contributed by atoms with Gasteiger partial charge in [0.15, 0.2) is 9.84 Å². The fourth-order valence-corrected chi connectivity index (χ4v) is 3.15. The van der Waals surface area contributed by atoms with E-state index < -0.39 is 9.84 Å². The molecule has 24 heavy (non-hydrogen) atoms. The minimum atomic E-state index is -3.21. The van der Waals surface area contributed by atoms with Crippen LogP contribution in [0.25, 0.3) is 5.57 Å². The van der Waals surface area contributed by atoms with Gasteiger partial charge in [0.25, 0.3) is 0 Å². The van der Waals surface area contributed by atoms with Gasteiger partial charge in [-0.25, -0.2) is 8.42 Å². The highest BCUT2D eigenvalue weighted by Gasteiger charge is 2.11. The molecule has 1 aliphatic heterocycles. The number of hydrogen-bond acceptors (Lipinski definition) is 5. The summed E-state index contributed by atoms with van der Waals surface area (Å²) in [5.41, 5.74) is 3.72. The molecule has 0 N–H and O–H groups in total. The molecular weight excluding hydrogens is 324 g/mol. The summed E-state index contributed by atoms with van der Waals surface area (Å²) in [5, 5.41) is 0. The lowest BCUT2D eigenvalue weighted by atomic mass is 10.1. The van der Waals surface area contributed by atoms with E-state index in [0.717, 1.165) is 22.5 Å². The molecule has 0 spiro atoms. The summed E-state index contributed by atoms with van der Waals surface area (Å²) in [6.07, 6.45) is 4.91. The first-order valence-corrected chi connectivity index (χ1v) is 9.42. The maximum atomic E-state index is 11.6. The molecule has 0 atom stereocenters. The minimum absolute atomic E-state index is 0.285. The van der Waals surface area contributed by atoms with Crippen molar-refractivity contribution in [2.75, 3.05) is 12.8 Å². The highest BCUT2D eigenvalue weighted by Crippen LogP contribution is 2.21. The number of allylic oxidation sites excluding steroid dienone is 1. The largest absolute Gasteiger partial charge is 0.487 e. The first-order chi connectivity index (χ1) is 11.4. The van der Waals surface area contributed by atoms with Crippen LogP contribution < -0.4 is 4.74 Å². The van der Waals surface area contributed by atoms with E-state index in [1.807, 2.05) is 25.1 Å². The van der Waals surface area contributed by atoms with Crippen molar-refractivity contribution in [2.24, 2.45) is 4.99 Å². The van der Waals surface area contributed by atoms with E-state index in [-0.39, 0.29) is 6.61 Å². The molecule has 0 fully saturated rings. The van der Waals surface area contributed by atoms with Crippen LogP contribution in [0.2, 0.25) is 0 Å². The van der Waals surface area contributed by atoms with Gasteiger partial charge in [0.2, 0.25) is 0 Å². The zero-order valence-electron chi connectivity index (χ0n) is 13.6. The minimum Gasteiger partial charge on any atom is -0.487 e. The fraction of sp³-hybridized carbons (Fsp3) is 0.222. The lowest BCUT2D eigenvalue weighted by Gasteiger charge is -2.08. The molecule has 0 amide bonds. The molecule has 6 heteroatoms. The van der Waals surface area contributed by atoms with Gasteiger partial charge in [0, 0.05) is 17.5 Å². The van der Waals surface area contributed by atoms with E-state index in [2.05, 4.69) is 16.1 Å². The van der Waals surface area contributed by atoms with Gasteiger partial charge in [-0.1, -0.05) is 18.2 Å². The Morgan fingerprint density at radius 3 is 2.67 bits per heavy atom. The molecule has 2 heterocycles. The van der Waals surface area contributed by atoms with Gasteiger partial charge in [-0.05, 0) is 36.8 Å². The fourth-order valence-electron chi connectivity index (χ4n) is 2.45. The molecule has 5 nitrogen and oxygen atoms in total. The lowest BCUT2D eigenvalue weighted by molar-refractivity contribution is 0.304. The second-order valence-electron chi connectivity index (χ2n) is 5.63. The number of benzene rings is 1. The van der Waals surface area contributed by atoms with Crippen LogP contribution in [-0.4, -0.2) is 31.9 Å². The van der Waals surface area contributed by atoms with E-state index in [0.29, 0.717) is 17.2 Å². The summed E-state index contributed by atoms with van der Waals surface area (Å²) in [5.74, 6) is 0.636. The molecule has 1 aliphatic rings. The van der Waals surface area contributed by atoms with Crippen molar-refractivity contribution in [1.82, 2.24) is 4.98 Å². The smallest absolute Gasteiger partial charge is 0.175 e. The monoisotopic (exact) mass is 342 g/mol. The summed E-state index contributed by atoms with van der Waals surface area (Å²) in [6.45, 7) is 2.96. The Labute approximate surface area is 141 Å². The molecule has 2 aromatic rings. The number of pyridine rings is 1. The van der Waals surface area contributed by atoms with E-state index in [1.165, 1.54) is 6.26 Å². The van der Waals surface area contributed by atoms with Crippen LogP contribution >= 0.6 is 0 Å². The van der Waals surface area contributed by atoms with Gasteiger partial charge in [-0.3, -0.25) is 9.98 Å². The summed E-state index contributed by atoms with van der Waals surface area (Å²) >= 11 is 0. The number of hydrogen-bond donors (Lipinski definition) is 0. The number of sulfone groups is 1. The van der Waals surface area contributed by atoms with E-state index in [9.17, 15) is 8.42 Å². The van der Waals surface area contributed by atoms with Crippen molar-refractivity contribution in [2.45, 2.75) is 18.4 Å². The van der Waals surface area contributed by atoms with Gasteiger partial charge in [-0.2, -0.15) is 0 Å². The normalized spacial score (nSPS) is 14.2. The van der Waals surface area contributed by atoms with Crippen LogP contribution in [-0.2, 0) is 16.4 Å². The van der Waals surface area contributed by atoms with E-state index in [1.54, 1.807) is 24.4 Å². The van der Waals surface area contributed by atoms with E-state index >= 15 is 0 Å². The highest BCUT2D eigenvalue weighted by molar-refractivity contribution is 7.90. The molecule has 0 aliphatic carbocycles. The molecule has 1 aromatic heterocycles. The second kappa shape index (κ2) is 6.57. The molecule has 3 rings (SSSR count). The maximum absolute atomic E-state index is 11.6. The van der Waals surface area contributed by atoms with Crippen LogP contribution in [0.3, 0.4) is 0 Å². The molecule has 0 saturated carbocycles. The lowest BCUT2D eigenvalue weighted by Crippen LogP contribution is -2.01. The first-order valence-electron chi connectivity index (χ1n) is 7.53. The van der Waals surface area contributed by atoms with Gasteiger partial charge < -0.3 is 4.74 Å². The summed E-state index contributed by atoms with van der Waals surface area (Å²) in [6, 6.07) is 10.5. The van der Waals surface area contributed by atoms with Gasteiger partial charge in [0.05, 0.1) is 23.3 Å². The molecule has 0 radical (unpaired) electrons. The predicted molar refractivity (Wildman–Crippen MR) is 94.1 cm³/mol. The molecule has 0 bridgehead atoms. The predicted octanol–water partition coefficient (Wildman–Crippen LogP) is 2.92. The van der Waals surface area contributed by atoms with E-state index in [4.69, 9.17) is 4.74 Å². The average Bonchev–Trinajstić information content (AvgIpc) is 2.99. The van der Waals surface area contributed by atoms with Crippen LogP contribution in [0.1, 0.15) is 18.2 Å². The third-order valence-electron chi connectivity index (χ3n) is 3.76. The third kappa shape index (κ3) is 3.71. The van der Waals surface area contributed by atoms with Gasteiger partial charge in [0.1, 0.15) is 12.4 Å². The number of aromatic nitrogens is 1. The number of rotatable bonds is 5. The summed E-state index contributed by atoms with van der Waals surface area (Å²) in [7, 11) is -3.21. The number of ether oxygens (including phenoxy) is 1. The summed E-state index contributed by atoms with van der Waals surface area (Å²) < 4.78 is 28.9. The molecule has 0 unspecified atom stereocenters. The van der Waals surface area contributed by atoms with Gasteiger partial charge in [-0.15, -0.1) is 0 Å². The van der Waals surface area contributed by atoms with Crippen molar-refractivity contribution in [3.05, 3.63) is 59.9 Å². The molecule has 1 aromatic carbocycles. The molecule has 0 saturated heterocycles. The zero-order valence-corrected chi connectivity index (χ0v) is 14.4. The third-order valence-corrected chi connectivity index (χ3v) is 4.87. The molecule has 124 valence electrons. The van der Waals surface area contributed by atoms with Crippen molar-refractivity contribution in [3.8, 4) is 5.75 Å². The Bertz CT molecular complexity index is 914. The Hall–Kier alpha value is -2.47. The maximum Gasteiger partial charge on any atom is 0.175 e. The molecular formula is C18H18N2O3S. The Morgan fingerprint density at radius 2 is 2.04 bits per heavy atom. The van der Waals surface area contributed by atoms with Crippen molar-refractivity contribution < 1.29 is 13.2 Å². The summed E-state index contributed by atoms with van der Waals surface area (Å²) in [4.78, 5) is 9.03. The average molecular weight is 342 g/mol. The topological polar surface area (TPSA) is 68.6 Å². The van der Waals surface area contributed by atoms with Crippen LogP contribution in [0.4, 0.5) is 0 Å². The number of aliphatic imine (C=N–C) groups is 1. The van der Waals surface area contributed by atoms with Crippen LogP contribution in [0, 0.1) is 0 Å². The zero-order chi connectivity index (χ0) is 17.2. The second-order valence-corrected chi connectivity index (χ2v) is 7.65. The Balaban J connectivity index is 1.68. The first kappa shape index (κ1) is 16.4. The Kier molecular flexibility index (Phi) is 4.49. The number of nitrogens with zero attached hydrogens (tertiary/aromatic N) is 2. The Morgan fingerprint density at radius 1 is 1.21 bits per heavy atom. The van der Waals surface area contributed by atoms with Crippen LogP contribution in [0.15, 0.2) is 58.6 Å². The van der Waals surface area contributed by atoms with Crippen molar-refractivity contribution in [3.63, 3.8) is 0 Å². The SMILES string of the molecule is CC1=NCC=C1c1ccc(OCc2cccc(S(C)(=O)=O)c2)cn1. The van der Waals surface area contributed by atoms with Crippen molar-refractivity contribution >= 4 is 21.1 Å². The van der Waals surface area contributed by atoms with Crippen LogP contribution in [0.5, 0.6) is 5.75 Å². The highest BCUT2D eigenvalue weighted by atomic mass is 32.2.